The number of fused-ring (bicyclic) bond motifs is 2. The summed E-state index contributed by atoms with van der Waals surface area (Å²) >= 11 is 0. The van der Waals surface area contributed by atoms with Crippen LogP contribution in [0.25, 0.3) is 11.8 Å². The quantitative estimate of drug-likeness (QED) is 0.561. The molecule has 0 saturated heterocycles. The molecular formula is C26H25F3N2O. The van der Waals surface area contributed by atoms with Gasteiger partial charge in [-0.1, -0.05) is 18.6 Å². The van der Waals surface area contributed by atoms with Gasteiger partial charge in [0.05, 0.1) is 23.2 Å². The largest absolute Gasteiger partial charge is 0.389 e. The minimum absolute atomic E-state index is 0.296. The average molecular weight is 438 g/mol. The van der Waals surface area contributed by atoms with E-state index in [0.717, 1.165) is 41.4 Å². The predicted molar refractivity (Wildman–Crippen MR) is 117 cm³/mol. The molecule has 6 heteroatoms. The van der Waals surface area contributed by atoms with Crippen molar-refractivity contribution in [3.63, 3.8) is 0 Å². The summed E-state index contributed by atoms with van der Waals surface area (Å²) in [6.07, 6.45) is 7.62. The van der Waals surface area contributed by atoms with Gasteiger partial charge in [-0.3, -0.25) is 0 Å². The Labute approximate surface area is 185 Å². The maximum atomic E-state index is 14.2. The van der Waals surface area contributed by atoms with Crippen molar-refractivity contribution >= 4 is 6.08 Å². The first kappa shape index (κ1) is 21.0. The molecular weight excluding hydrogens is 413 g/mol. The van der Waals surface area contributed by atoms with Crippen molar-refractivity contribution in [2.24, 2.45) is 5.41 Å². The van der Waals surface area contributed by atoms with Gasteiger partial charge in [0.1, 0.15) is 17.5 Å². The minimum atomic E-state index is -1.01. The van der Waals surface area contributed by atoms with Gasteiger partial charge in [0.15, 0.2) is 0 Å². The molecule has 0 aliphatic heterocycles. The van der Waals surface area contributed by atoms with E-state index in [9.17, 15) is 18.3 Å². The molecule has 2 atom stereocenters. The topological polar surface area (TPSA) is 38.0 Å². The van der Waals surface area contributed by atoms with Crippen LogP contribution >= 0.6 is 0 Å². The third kappa shape index (κ3) is 3.37. The maximum Gasteiger partial charge on any atom is 0.129 e. The molecule has 0 bridgehead atoms. The molecule has 0 radical (unpaired) electrons. The van der Waals surface area contributed by atoms with Crippen LogP contribution in [0.4, 0.5) is 13.2 Å². The van der Waals surface area contributed by atoms with Crippen molar-refractivity contribution < 1.29 is 18.3 Å². The van der Waals surface area contributed by atoms with Crippen molar-refractivity contribution in [3.05, 3.63) is 88.5 Å². The van der Waals surface area contributed by atoms with E-state index in [2.05, 4.69) is 18.1 Å². The fourth-order valence-corrected chi connectivity index (χ4v) is 5.41. The summed E-state index contributed by atoms with van der Waals surface area (Å²) in [5, 5.41) is 16.3. The van der Waals surface area contributed by atoms with E-state index in [-0.39, 0.29) is 5.82 Å². The number of nitrogens with zero attached hydrogens (tertiary/aromatic N) is 2. The number of aromatic nitrogens is 2. The second kappa shape index (κ2) is 7.62. The molecule has 32 heavy (non-hydrogen) atoms. The number of hydrogen-bond donors (Lipinski definition) is 1. The molecule has 0 spiro atoms. The van der Waals surface area contributed by atoms with Crippen LogP contribution in [0.2, 0.25) is 0 Å². The molecule has 3 aromatic rings. The fourth-order valence-electron chi connectivity index (χ4n) is 5.41. The molecule has 2 aliphatic rings. The van der Waals surface area contributed by atoms with Gasteiger partial charge in [-0.05, 0) is 86.1 Å². The summed E-state index contributed by atoms with van der Waals surface area (Å²) < 4.78 is 42.6. The lowest BCUT2D eigenvalue weighted by atomic mass is 9.56. The van der Waals surface area contributed by atoms with Crippen molar-refractivity contribution in [1.82, 2.24) is 9.78 Å². The molecule has 1 fully saturated rings. The van der Waals surface area contributed by atoms with E-state index in [0.29, 0.717) is 31.2 Å². The molecule has 2 aromatic carbocycles. The van der Waals surface area contributed by atoms with Gasteiger partial charge in [0, 0.05) is 11.5 Å². The maximum absolute atomic E-state index is 14.2. The van der Waals surface area contributed by atoms with Crippen LogP contribution in [0, 0.1) is 22.9 Å². The highest BCUT2D eigenvalue weighted by Gasteiger charge is 2.52. The van der Waals surface area contributed by atoms with Gasteiger partial charge >= 0.3 is 0 Å². The van der Waals surface area contributed by atoms with Crippen LogP contribution in [0.1, 0.15) is 49.4 Å². The Hall–Kier alpha value is -2.86. The second-order valence-electron chi connectivity index (χ2n) is 9.24. The van der Waals surface area contributed by atoms with Crippen molar-refractivity contribution in [1.29, 1.82) is 0 Å². The standard InChI is InChI=1S/C26H25F3N2O/c1-25-15-18-16-30-31(22-8-6-20(27)7-9-22)24(18)13-19(25)3-2-11-26(25,32)12-10-17-4-5-21(28)14-23(17)29/h4-9,13-14,16,32H,2-3,10-12,15H2,1H3/t25-,26+/m0/s1. The predicted octanol–water partition coefficient (Wildman–Crippen LogP) is 5.78. The fraction of sp³-hybridized carbons (Fsp3) is 0.346. The van der Waals surface area contributed by atoms with Crippen LogP contribution in [0.3, 0.4) is 0 Å². The summed E-state index contributed by atoms with van der Waals surface area (Å²) in [7, 11) is 0. The van der Waals surface area contributed by atoms with Crippen LogP contribution in [0.5, 0.6) is 0 Å². The Kier molecular flexibility index (Phi) is 5.01. The average Bonchev–Trinajstić information content (AvgIpc) is 3.15. The normalized spacial score (nSPS) is 24.6. The lowest BCUT2D eigenvalue weighted by molar-refractivity contribution is -0.0844. The highest BCUT2D eigenvalue weighted by atomic mass is 19.1. The Morgan fingerprint density at radius 2 is 1.81 bits per heavy atom. The molecule has 0 unspecified atom stereocenters. The van der Waals surface area contributed by atoms with Crippen molar-refractivity contribution in [2.75, 3.05) is 0 Å². The number of aryl methyl sites for hydroxylation is 1. The number of rotatable bonds is 4. The molecule has 5 rings (SSSR count). The van der Waals surface area contributed by atoms with Crippen LogP contribution < -0.4 is 0 Å². The van der Waals surface area contributed by atoms with Gasteiger partial charge in [-0.2, -0.15) is 5.10 Å². The zero-order valence-electron chi connectivity index (χ0n) is 17.9. The Balaban J connectivity index is 1.46. The van der Waals surface area contributed by atoms with E-state index < -0.39 is 22.7 Å². The van der Waals surface area contributed by atoms with E-state index >= 15 is 0 Å². The molecule has 1 aromatic heterocycles. The first-order valence-corrected chi connectivity index (χ1v) is 11.0. The number of halogens is 3. The first-order valence-electron chi connectivity index (χ1n) is 11.0. The number of benzene rings is 2. The van der Waals surface area contributed by atoms with Gasteiger partial charge in [-0.25, -0.2) is 17.9 Å². The van der Waals surface area contributed by atoms with E-state index in [1.165, 1.54) is 24.3 Å². The second-order valence-corrected chi connectivity index (χ2v) is 9.24. The lowest BCUT2D eigenvalue weighted by Crippen LogP contribution is -2.52. The first-order chi connectivity index (χ1) is 15.3. The zero-order chi connectivity index (χ0) is 22.5. The molecule has 166 valence electrons. The van der Waals surface area contributed by atoms with Crippen molar-refractivity contribution in [2.45, 2.75) is 51.0 Å². The molecule has 2 aliphatic carbocycles. The summed E-state index contributed by atoms with van der Waals surface area (Å²) in [6.45, 7) is 2.08. The van der Waals surface area contributed by atoms with Gasteiger partial charge in [0.2, 0.25) is 0 Å². The Morgan fingerprint density at radius 1 is 1.06 bits per heavy atom. The van der Waals surface area contributed by atoms with Gasteiger partial charge in [0.25, 0.3) is 0 Å². The highest BCUT2D eigenvalue weighted by molar-refractivity contribution is 5.62. The number of aliphatic hydroxyl groups is 1. The molecule has 0 amide bonds. The van der Waals surface area contributed by atoms with Crippen molar-refractivity contribution in [3.8, 4) is 5.69 Å². The van der Waals surface area contributed by atoms with E-state index in [1.54, 1.807) is 12.1 Å². The Morgan fingerprint density at radius 3 is 2.56 bits per heavy atom. The smallest absolute Gasteiger partial charge is 0.129 e. The van der Waals surface area contributed by atoms with Crippen LogP contribution in [-0.2, 0) is 12.8 Å². The Bertz CT molecular complexity index is 1200. The van der Waals surface area contributed by atoms with E-state index in [4.69, 9.17) is 0 Å². The van der Waals surface area contributed by atoms with E-state index in [1.807, 2.05) is 10.9 Å². The third-order valence-electron chi connectivity index (χ3n) is 7.41. The van der Waals surface area contributed by atoms with Gasteiger partial charge in [-0.15, -0.1) is 0 Å². The van der Waals surface area contributed by atoms with Gasteiger partial charge < -0.3 is 5.11 Å². The molecule has 1 heterocycles. The minimum Gasteiger partial charge on any atom is -0.389 e. The zero-order valence-corrected chi connectivity index (χ0v) is 17.9. The third-order valence-corrected chi connectivity index (χ3v) is 7.41. The lowest BCUT2D eigenvalue weighted by Gasteiger charge is -2.52. The summed E-state index contributed by atoms with van der Waals surface area (Å²) in [4.78, 5) is 0. The van der Waals surface area contributed by atoms with Crippen LogP contribution in [0.15, 0.2) is 54.2 Å². The van der Waals surface area contributed by atoms with Crippen LogP contribution in [-0.4, -0.2) is 20.5 Å². The highest BCUT2D eigenvalue weighted by Crippen LogP contribution is 2.54. The molecule has 1 saturated carbocycles. The SMILES string of the molecule is C[C@]12Cc3cnn(-c4ccc(F)cc4)c3C=C1CCC[C@@]2(O)CCc1ccc(F)cc1F. The summed E-state index contributed by atoms with van der Waals surface area (Å²) in [5.74, 6) is -1.47. The molecule has 1 N–H and O–H groups in total. The number of hydrogen-bond acceptors (Lipinski definition) is 2. The monoisotopic (exact) mass is 438 g/mol. The summed E-state index contributed by atoms with van der Waals surface area (Å²) in [6, 6.07) is 9.83. The summed E-state index contributed by atoms with van der Waals surface area (Å²) in [5.41, 5.74) is 2.83. The molecule has 3 nitrogen and oxygen atoms in total.